The number of fused-ring (bicyclic) bond motifs is 1. The lowest BCUT2D eigenvalue weighted by Gasteiger charge is -2.29. The number of likely N-dealkylation sites (tertiary alicyclic amines) is 1. The third-order valence-corrected chi connectivity index (χ3v) is 5.95. The Balaban J connectivity index is 1.59. The molecule has 10 heteroatoms. The molecule has 3 aromatic rings. The maximum absolute atomic E-state index is 11.0. The molecule has 0 bridgehead atoms. The van der Waals surface area contributed by atoms with Crippen molar-refractivity contribution in [2.24, 2.45) is 0 Å². The summed E-state index contributed by atoms with van der Waals surface area (Å²) < 4.78 is 7.50. The lowest BCUT2D eigenvalue weighted by Crippen LogP contribution is -2.31. The summed E-state index contributed by atoms with van der Waals surface area (Å²) in [5, 5.41) is 7.87. The molecule has 4 rings (SSSR count). The molecule has 1 saturated heterocycles. The van der Waals surface area contributed by atoms with Gasteiger partial charge in [-0.15, -0.1) is 0 Å². The molecule has 10 nitrogen and oxygen atoms in total. The Hall–Kier alpha value is -3.43. The van der Waals surface area contributed by atoms with E-state index in [-0.39, 0.29) is 5.95 Å². The Kier molecular flexibility index (Phi) is 6.67. The van der Waals surface area contributed by atoms with Gasteiger partial charge in [-0.2, -0.15) is 10.1 Å². The molecule has 1 aliphatic rings. The van der Waals surface area contributed by atoms with Gasteiger partial charge in [-0.25, -0.2) is 4.98 Å². The van der Waals surface area contributed by atoms with Crippen LogP contribution in [-0.4, -0.2) is 62.8 Å². The number of amides is 1. The number of piperidine rings is 1. The second-order valence-corrected chi connectivity index (χ2v) is 8.08. The van der Waals surface area contributed by atoms with Crippen LogP contribution in [0.25, 0.3) is 11.0 Å². The first-order chi connectivity index (χ1) is 15.6. The molecule has 0 radical (unpaired) electrons. The molecule has 1 amide bonds. The number of rotatable bonds is 9. The molecule has 170 valence electrons. The molecule has 0 atom stereocenters. The molecular formula is C22H30N8O2. The molecule has 0 unspecified atom stereocenters. The van der Waals surface area contributed by atoms with E-state index in [2.05, 4.69) is 33.4 Å². The monoisotopic (exact) mass is 438 g/mol. The van der Waals surface area contributed by atoms with Gasteiger partial charge in [0, 0.05) is 25.8 Å². The summed E-state index contributed by atoms with van der Waals surface area (Å²) in [6.07, 6.45) is 8.51. The molecule has 4 heterocycles. The third-order valence-electron chi connectivity index (χ3n) is 5.95. The maximum atomic E-state index is 11.0. The average Bonchev–Trinajstić information content (AvgIpc) is 3.22. The highest BCUT2D eigenvalue weighted by molar-refractivity contribution is 5.86. The van der Waals surface area contributed by atoms with E-state index >= 15 is 0 Å². The number of carbonyl (C=O) groups is 1. The summed E-state index contributed by atoms with van der Waals surface area (Å²) in [7, 11) is 1.65. The van der Waals surface area contributed by atoms with Crippen molar-refractivity contribution in [2.75, 3.05) is 37.8 Å². The molecule has 1 fully saturated rings. The first-order valence-electron chi connectivity index (χ1n) is 11.1. The number of unbranched alkanes of at least 4 members (excludes halogenated alkanes) is 1. The Labute approximate surface area is 187 Å². The number of anilines is 2. The highest BCUT2D eigenvalue weighted by Gasteiger charge is 2.22. The Morgan fingerprint density at radius 2 is 2.09 bits per heavy atom. The number of nitrogens with one attached hydrogen (secondary N) is 1. The van der Waals surface area contributed by atoms with Gasteiger partial charge in [0.25, 0.3) is 0 Å². The Morgan fingerprint density at radius 3 is 2.81 bits per heavy atom. The summed E-state index contributed by atoms with van der Waals surface area (Å²) in [5.41, 5.74) is 9.29. The van der Waals surface area contributed by atoms with Crippen LogP contribution in [0.5, 0.6) is 5.75 Å². The molecule has 1 aliphatic heterocycles. The number of pyridine rings is 1. The van der Waals surface area contributed by atoms with Crippen LogP contribution >= 0.6 is 0 Å². The number of carbonyl (C=O) groups excluding carboxylic acids is 1. The van der Waals surface area contributed by atoms with Gasteiger partial charge in [0.2, 0.25) is 12.4 Å². The summed E-state index contributed by atoms with van der Waals surface area (Å²) in [5.74, 6) is 1.99. The van der Waals surface area contributed by atoms with Crippen molar-refractivity contribution >= 4 is 29.2 Å². The quantitative estimate of drug-likeness (QED) is 0.385. The van der Waals surface area contributed by atoms with Crippen LogP contribution in [0.4, 0.5) is 11.8 Å². The van der Waals surface area contributed by atoms with Crippen LogP contribution in [-0.2, 0) is 11.3 Å². The largest absolute Gasteiger partial charge is 0.495 e. The molecule has 0 saturated carbocycles. The first-order valence-corrected chi connectivity index (χ1v) is 11.1. The predicted molar refractivity (Wildman–Crippen MR) is 123 cm³/mol. The number of methoxy groups -OCH3 is 1. The maximum Gasteiger partial charge on any atom is 0.222 e. The van der Waals surface area contributed by atoms with E-state index in [1.165, 1.54) is 0 Å². The standard InChI is InChI=1S/C22H30N8O2/c1-3-4-7-24-21-20-17(27-22(23)28-21)12-26-30(20)13-18-19(32-2)10-16(11-25-18)15-5-8-29(14-31)9-6-15/h10-12,14-15H,3-9,13H2,1-2H3,(H3,23,24,27,28). The normalized spacial score (nSPS) is 14.6. The molecule has 3 aromatic heterocycles. The molecule has 0 aromatic carbocycles. The fraction of sp³-hybridized carbons (Fsp3) is 0.500. The van der Waals surface area contributed by atoms with Crippen molar-refractivity contribution in [3.8, 4) is 5.75 Å². The average molecular weight is 439 g/mol. The van der Waals surface area contributed by atoms with E-state index in [9.17, 15) is 4.79 Å². The number of nitrogen functional groups attached to an aromatic ring is 1. The fourth-order valence-corrected chi connectivity index (χ4v) is 4.13. The number of hydrogen-bond acceptors (Lipinski definition) is 8. The topological polar surface area (TPSA) is 124 Å². The summed E-state index contributed by atoms with van der Waals surface area (Å²) in [6, 6.07) is 2.06. The van der Waals surface area contributed by atoms with Gasteiger partial charge in [0.15, 0.2) is 5.82 Å². The Morgan fingerprint density at radius 1 is 1.28 bits per heavy atom. The summed E-state index contributed by atoms with van der Waals surface area (Å²) in [4.78, 5) is 26.2. The summed E-state index contributed by atoms with van der Waals surface area (Å²) >= 11 is 0. The second kappa shape index (κ2) is 9.80. The van der Waals surface area contributed by atoms with Crippen LogP contribution in [0.2, 0.25) is 0 Å². The van der Waals surface area contributed by atoms with Gasteiger partial charge in [-0.1, -0.05) is 13.3 Å². The van der Waals surface area contributed by atoms with Gasteiger partial charge < -0.3 is 20.7 Å². The molecular weight excluding hydrogens is 408 g/mol. The van der Waals surface area contributed by atoms with Gasteiger partial charge in [-0.3, -0.25) is 14.5 Å². The molecule has 0 spiro atoms. The van der Waals surface area contributed by atoms with Crippen LogP contribution < -0.4 is 15.8 Å². The van der Waals surface area contributed by atoms with Crippen molar-refractivity contribution in [3.05, 3.63) is 29.7 Å². The van der Waals surface area contributed by atoms with E-state index < -0.39 is 0 Å². The zero-order chi connectivity index (χ0) is 22.5. The van der Waals surface area contributed by atoms with Crippen molar-refractivity contribution in [3.63, 3.8) is 0 Å². The van der Waals surface area contributed by atoms with Gasteiger partial charge in [0.1, 0.15) is 22.5 Å². The van der Waals surface area contributed by atoms with Crippen LogP contribution in [0.3, 0.4) is 0 Å². The predicted octanol–water partition coefficient (Wildman–Crippen LogP) is 2.41. The van der Waals surface area contributed by atoms with E-state index in [1.807, 2.05) is 15.8 Å². The third kappa shape index (κ3) is 4.58. The zero-order valence-electron chi connectivity index (χ0n) is 18.6. The van der Waals surface area contributed by atoms with E-state index in [0.29, 0.717) is 23.8 Å². The number of hydrogen-bond donors (Lipinski definition) is 2. The second-order valence-electron chi connectivity index (χ2n) is 8.08. The van der Waals surface area contributed by atoms with E-state index in [4.69, 9.17) is 15.5 Å². The fourth-order valence-electron chi connectivity index (χ4n) is 4.13. The SMILES string of the molecule is CCCCNc1nc(N)nc2cnn(Cc3ncc(C4CCN(C=O)CC4)cc3OC)c12. The van der Waals surface area contributed by atoms with Gasteiger partial charge in [0.05, 0.1) is 19.9 Å². The van der Waals surface area contributed by atoms with Crippen molar-refractivity contribution in [1.82, 2.24) is 29.6 Å². The minimum atomic E-state index is 0.219. The number of ether oxygens (including phenoxy) is 1. The number of nitrogens with zero attached hydrogens (tertiary/aromatic N) is 6. The minimum Gasteiger partial charge on any atom is -0.495 e. The van der Waals surface area contributed by atoms with Crippen LogP contribution in [0.15, 0.2) is 18.5 Å². The smallest absolute Gasteiger partial charge is 0.222 e. The van der Waals surface area contributed by atoms with Crippen molar-refractivity contribution in [2.45, 2.75) is 45.1 Å². The molecule has 32 heavy (non-hydrogen) atoms. The Bertz CT molecular complexity index is 1080. The van der Waals surface area contributed by atoms with Crippen molar-refractivity contribution < 1.29 is 9.53 Å². The number of nitrogens with two attached hydrogens (primary N) is 1. The van der Waals surface area contributed by atoms with Crippen LogP contribution in [0, 0.1) is 0 Å². The molecule has 0 aliphatic carbocycles. The minimum absolute atomic E-state index is 0.219. The highest BCUT2D eigenvalue weighted by atomic mass is 16.5. The van der Waals surface area contributed by atoms with E-state index in [1.54, 1.807) is 13.3 Å². The van der Waals surface area contributed by atoms with Gasteiger partial charge >= 0.3 is 0 Å². The van der Waals surface area contributed by atoms with Gasteiger partial charge in [-0.05, 0) is 36.8 Å². The lowest BCUT2D eigenvalue weighted by molar-refractivity contribution is -0.119. The van der Waals surface area contributed by atoms with Crippen molar-refractivity contribution in [1.29, 1.82) is 0 Å². The first kappa shape index (κ1) is 21.8. The van der Waals surface area contributed by atoms with E-state index in [0.717, 1.165) is 74.3 Å². The number of aromatic nitrogens is 5. The summed E-state index contributed by atoms with van der Waals surface area (Å²) in [6.45, 7) is 4.91. The zero-order valence-corrected chi connectivity index (χ0v) is 18.6. The lowest BCUT2D eigenvalue weighted by atomic mass is 9.90. The van der Waals surface area contributed by atoms with Crippen LogP contribution in [0.1, 0.15) is 49.8 Å². The highest BCUT2D eigenvalue weighted by Crippen LogP contribution is 2.31. The molecule has 3 N–H and O–H groups in total.